The Morgan fingerprint density at radius 1 is 1.15 bits per heavy atom. The quantitative estimate of drug-likeness (QED) is 0.605. The van der Waals surface area contributed by atoms with E-state index in [9.17, 15) is 0 Å². The lowest BCUT2D eigenvalue weighted by atomic mass is 9.89. The fraction of sp³-hybridized carbons (Fsp3) is 0.318. The van der Waals surface area contributed by atoms with E-state index in [2.05, 4.69) is 45.9 Å². The van der Waals surface area contributed by atoms with E-state index in [4.69, 9.17) is 11.6 Å². The van der Waals surface area contributed by atoms with Crippen molar-refractivity contribution in [2.24, 2.45) is 0 Å². The molecule has 0 saturated carbocycles. The number of allylic oxidation sites excluding steroid dienone is 1. The van der Waals surface area contributed by atoms with Crippen molar-refractivity contribution in [1.82, 2.24) is 14.5 Å². The van der Waals surface area contributed by atoms with Gasteiger partial charge in [0.25, 0.3) is 0 Å². The van der Waals surface area contributed by atoms with Crippen LogP contribution in [0.3, 0.4) is 0 Å². The Balaban J connectivity index is 1.74. The van der Waals surface area contributed by atoms with Crippen LogP contribution in [0.25, 0.3) is 22.7 Å². The first-order valence-corrected chi connectivity index (χ1v) is 9.72. The number of rotatable bonds is 1. The average molecular weight is 364 g/mol. The van der Waals surface area contributed by atoms with Crippen LogP contribution in [-0.4, -0.2) is 28.0 Å². The van der Waals surface area contributed by atoms with Crippen LogP contribution >= 0.6 is 11.6 Å². The Hall–Kier alpha value is -2.10. The summed E-state index contributed by atoms with van der Waals surface area (Å²) in [4.78, 5) is 6.70. The standard InChI is InChI=1S/C22H22ClN3/c1-25-10-8-22-20(14-25)19-11-17(23)5-6-21(19)26(22)13-16-4-2-3-15-12-24-9-7-18(15)16/h5-7,9,11-13H,2-4,8,10,14H2,1H3/b16-13+. The molecule has 3 nitrogen and oxygen atoms in total. The second-order valence-corrected chi connectivity index (χ2v) is 7.92. The van der Waals surface area contributed by atoms with E-state index in [0.29, 0.717) is 0 Å². The summed E-state index contributed by atoms with van der Waals surface area (Å²) in [5.74, 6) is 0. The van der Waals surface area contributed by atoms with Crippen LogP contribution in [-0.2, 0) is 19.4 Å². The van der Waals surface area contributed by atoms with Gasteiger partial charge in [-0.1, -0.05) is 11.6 Å². The predicted molar refractivity (Wildman–Crippen MR) is 108 cm³/mol. The minimum atomic E-state index is 0.812. The molecule has 0 bridgehead atoms. The average Bonchev–Trinajstić information content (AvgIpc) is 2.94. The third-order valence-electron chi connectivity index (χ3n) is 5.77. The molecule has 2 aliphatic rings. The number of fused-ring (bicyclic) bond motifs is 4. The normalized spacial score (nSPS) is 18.9. The number of hydrogen-bond donors (Lipinski definition) is 0. The molecular weight excluding hydrogens is 342 g/mol. The van der Waals surface area contributed by atoms with Crippen LogP contribution in [0.5, 0.6) is 0 Å². The fourth-order valence-electron chi connectivity index (χ4n) is 4.48. The summed E-state index contributed by atoms with van der Waals surface area (Å²) in [7, 11) is 2.19. The summed E-state index contributed by atoms with van der Waals surface area (Å²) in [6, 6.07) is 8.47. The Morgan fingerprint density at radius 3 is 3.00 bits per heavy atom. The predicted octanol–water partition coefficient (Wildman–Crippen LogP) is 5.01. The zero-order valence-corrected chi connectivity index (χ0v) is 15.8. The summed E-state index contributed by atoms with van der Waals surface area (Å²) in [5, 5.41) is 2.11. The van der Waals surface area contributed by atoms with Crippen LogP contribution in [0, 0.1) is 0 Å². The lowest BCUT2D eigenvalue weighted by Crippen LogP contribution is -2.26. The Morgan fingerprint density at radius 2 is 2.08 bits per heavy atom. The molecule has 1 aliphatic heterocycles. The van der Waals surface area contributed by atoms with Crippen molar-refractivity contribution in [3.8, 4) is 0 Å². The molecule has 3 aromatic rings. The van der Waals surface area contributed by atoms with Gasteiger partial charge in [0.2, 0.25) is 0 Å². The zero-order chi connectivity index (χ0) is 17.7. The van der Waals surface area contributed by atoms with Crippen LogP contribution < -0.4 is 0 Å². The maximum atomic E-state index is 6.32. The lowest BCUT2D eigenvalue weighted by molar-refractivity contribution is 0.312. The SMILES string of the molecule is CN1CCc2c(c3cc(Cl)ccc3n2/C=C2\CCCc3cnccc32)C1. The number of aromatic nitrogens is 2. The molecule has 5 rings (SSSR count). The number of benzene rings is 1. The van der Waals surface area contributed by atoms with Gasteiger partial charge in [-0.3, -0.25) is 4.98 Å². The van der Waals surface area contributed by atoms with Crippen molar-refractivity contribution in [3.05, 3.63) is 64.1 Å². The Labute approximate surface area is 158 Å². The number of aryl methyl sites for hydroxylation is 1. The van der Waals surface area contributed by atoms with E-state index in [0.717, 1.165) is 37.4 Å². The van der Waals surface area contributed by atoms with E-state index in [1.165, 1.54) is 45.3 Å². The minimum Gasteiger partial charge on any atom is -0.320 e. The summed E-state index contributed by atoms with van der Waals surface area (Å²) in [6.07, 6.45) is 10.8. The molecule has 4 heteroatoms. The van der Waals surface area contributed by atoms with E-state index in [1.807, 2.05) is 18.5 Å². The molecule has 1 aliphatic carbocycles. The molecular formula is C22H22ClN3. The number of likely N-dealkylation sites (N-methyl/N-ethyl adjacent to an activating group) is 1. The van der Waals surface area contributed by atoms with Crippen molar-refractivity contribution in [2.45, 2.75) is 32.2 Å². The van der Waals surface area contributed by atoms with Gasteiger partial charge in [0.15, 0.2) is 0 Å². The topological polar surface area (TPSA) is 21.1 Å². The van der Waals surface area contributed by atoms with Gasteiger partial charge in [0.1, 0.15) is 0 Å². The summed E-state index contributed by atoms with van der Waals surface area (Å²) >= 11 is 6.32. The van der Waals surface area contributed by atoms with Gasteiger partial charge < -0.3 is 9.47 Å². The van der Waals surface area contributed by atoms with Gasteiger partial charge in [-0.05, 0) is 72.8 Å². The number of pyridine rings is 1. The third-order valence-corrected chi connectivity index (χ3v) is 6.00. The molecule has 0 N–H and O–H groups in total. The number of halogens is 1. The zero-order valence-electron chi connectivity index (χ0n) is 15.0. The van der Waals surface area contributed by atoms with Crippen LogP contribution in [0.2, 0.25) is 5.02 Å². The number of hydrogen-bond acceptors (Lipinski definition) is 2. The highest BCUT2D eigenvalue weighted by molar-refractivity contribution is 6.31. The number of nitrogens with zero attached hydrogens (tertiary/aromatic N) is 3. The molecule has 1 aromatic carbocycles. The molecule has 26 heavy (non-hydrogen) atoms. The van der Waals surface area contributed by atoms with E-state index < -0.39 is 0 Å². The third kappa shape index (κ3) is 2.58. The molecule has 0 atom stereocenters. The molecule has 3 heterocycles. The highest BCUT2D eigenvalue weighted by atomic mass is 35.5. The fourth-order valence-corrected chi connectivity index (χ4v) is 4.65. The largest absolute Gasteiger partial charge is 0.320 e. The van der Waals surface area contributed by atoms with Crippen molar-refractivity contribution >= 4 is 34.3 Å². The molecule has 132 valence electrons. The first-order chi connectivity index (χ1) is 12.7. The van der Waals surface area contributed by atoms with Crippen molar-refractivity contribution < 1.29 is 0 Å². The van der Waals surface area contributed by atoms with Gasteiger partial charge in [0.05, 0.1) is 5.52 Å². The first-order valence-electron chi connectivity index (χ1n) is 9.34. The van der Waals surface area contributed by atoms with Gasteiger partial charge in [-0.25, -0.2) is 0 Å². The smallest absolute Gasteiger partial charge is 0.0529 e. The Kier molecular flexibility index (Phi) is 3.87. The molecule has 0 spiro atoms. The van der Waals surface area contributed by atoms with Crippen LogP contribution in [0.15, 0.2) is 36.7 Å². The van der Waals surface area contributed by atoms with Crippen molar-refractivity contribution in [3.63, 3.8) is 0 Å². The highest BCUT2D eigenvalue weighted by Crippen LogP contribution is 2.36. The maximum Gasteiger partial charge on any atom is 0.0529 e. The van der Waals surface area contributed by atoms with Gasteiger partial charge in [-0.15, -0.1) is 0 Å². The molecule has 0 radical (unpaired) electrons. The molecule has 0 amide bonds. The minimum absolute atomic E-state index is 0.812. The van der Waals surface area contributed by atoms with Crippen molar-refractivity contribution in [2.75, 3.05) is 13.6 Å². The van der Waals surface area contributed by atoms with Crippen LogP contribution in [0.4, 0.5) is 0 Å². The monoisotopic (exact) mass is 363 g/mol. The van der Waals surface area contributed by atoms with Crippen molar-refractivity contribution in [1.29, 1.82) is 0 Å². The van der Waals surface area contributed by atoms with E-state index in [-0.39, 0.29) is 0 Å². The second-order valence-electron chi connectivity index (χ2n) is 7.49. The van der Waals surface area contributed by atoms with Gasteiger partial charge in [0, 0.05) is 54.2 Å². The van der Waals surface area contributed by atoms with Crippen LogP contribution in [0.1, 0.15) is 35.2 Å². The van der Waals surface area contributed by atoms with Gasteiger partial charge >= 0.3 is 0 Å². The lowest BCUT2D eigenvalue weighted by Gasteiger charge is -2.24. The highest BCUT2D eigenvalue weighted by Gasteiger charge is 2.23. The molecule has 0 saturated heterocycles. The van der Waals surface area contributed by atoms with E-state index in [1.54, 1.807) is 0 Å². The summed E-state index contributed by atoms with van der Waals surface area (Å²) < 4.78 is 2.43. The first kappa shape index (κ1) is 16.1. The molecule has 0 fully saturated rings. The van der Waals surface area contributed by atoms with E-state index >= 15 is 0 Å². The second kappa shape index (κ2) is 6.26. The van der Waals surface area contributed by atoms with Gasteiger partial charge in [-0.2, -0.15) is 0 Å². The summed E-state index contributed by atoms with van der Waals surface area (Å²) in [6.45, 7) is 2.09. The summed E-state index contributed by atoms with van der Waals surface area (Å²) in [5.41, 5.74) is 8.29. The maximum absolute atomic E-state index is 6.32. The molecule has 2 aromatic heterocycles. The Bertz CT molecular complexity index is 1030. The molecule has 0 unspecified atom stereocenters.